The monoisotopic (exact) mass is 445 g/mol. The standard InChI is InChI=1S/C20H25BrFNO2.ClH/c1-4-14(3)23-12-16-10-18(21)20(19(11-16)24-5-2)25-13-15-6-8-17(22)9-7-15;/h6-11,14,23H,4-5,12-13H2,1-3H3;1H. The molecule has 0 aromatic heterocycles. The van der Waals surface area contributed by atoms with Crippen molar-refractivity contribution in [2.75, 3.05) is 6.61 Å². The fourth-order valence-electron chi connectivity index (χ4n) is 2.30. The van der Waals surface area contributed by atoms with E-state index in [1.165, 1.54) is 12.1 Å². The lowest BCUT2D eigenvalue weighted by Gasteiger charge is -2.17. The molecule has 6 heteroatoms. The van der Waals surface area contributed by atoms with Crippen LogP contribution in [0.4, 0.5) is 4.39 Å². The van der Waals surface area contributed by atoms with Crippen LogP contribution in [0.3, 0.4) is 0 Å². The van der Waals surface area contributed by atoms with Gasteiger partial charge in [0.25, 0.3) is 0 Å². The van der Waals surface area contributed by atoms with E-state index < -0.39 is 0 Å². The molecule has 2 aromatic carbocycles. The Balaban J connectivity index is 0.00000338. The highest BCUT2D eigenvalue weighted by Crippen LogP contribution is 2.37. The van der Waals surface area contributed by atoms with Crippen LogP contribution in [0.25, 0.3) is 0 Å². The molecule has 1 N–H and O–H groups in total. The van der Waals surface area contributed by atoms with Gasteiger partial charge in [0.05, 0.1) is 11.1 Å². The van der Waals surface area contributed by atoms with Crippen molar-refractivity contribution >= 4 is 28.3 Å². The highest BCUT2D eigenvalue weighted by molar-refractivity contribution is 9.10. The van der Waals surface area contributed by atoms with Crippen molar-refractivity contribution in [2.45, 2.75) is 46.4 Å². The molecule has 0 heterocycles. The Morgan fingerprint density at radius 3 is 2.38 bits per heavy atom. The van der Waals surface area contributed by atoms with Crippen molar-refractivity contribution in [2.24, 2.45) is 0 Å². The summed E-state index contributed by atoms with van der Waals surface area (Å²) in [5, 5.41) is 3.48. The van der Waals surface area contributed by atoms with Crippen LogP contribution in [-0.4, -0.2) is 12.6 Å². The van der Waals surface area contributed by atoms with Crippen LogP contribution < -0.4 is 14.8 Å². The predicted octanol–water partition coefficient (Wildman–Crippen LogP) is 5.88. The molecule has 1 unspecified atom stereocenters. The Hall–Kier alpha value is -1.30. The van der Waals surface area contributed by atoms with Crippen LogP contribution in [0, 0.1) is 5.82 Å². The largest absolute Gasteiger partial charge is 0.490 e. The van der Waals surface area contributed by atoms with Gasteiger partial charge in [-0.05, 0) is 71.6 Å². The van der Waals surface area contributed by atoms with Gasteiger partial charge in [-0.3, -0.25) is 0 Å². The molecule has 0 amide bonds. The highest BCUT2D eigenvalue weighted by Gasteiger charge is 2.13. The molecular formula is C20H26BrClFNO2. The second-order valence-electron chi connectivity index (χ2n) is 5.94. The minimum atomic E-state index is -0.252. The first-order chi connectivity index (χ1) is 12.0. The van der Waals surface area contributed by atoms with E-state index in [4.69, 9.17) is 9.47 Å². The summed E-state index contributed by atoms with van der Waals surface area (Å²) in [6.45, 7) is 7.95. The molecule has 0 aliphatic rings. The molecule has 0 saturated heterocycles. The first-order valence-electron chi connectivity index (χ1n) is 8.59. The summed E-state index contributed by atoms with van der Waals surface area (Å²) in [5.41, 5.74) is 2.03. The van der Waals surface area contributed by atoms with E-state index in [1.54, 1.807) is 12.1 Å². The molecule has 2 rings (SSSR count). The second-order valence-corrected chi connectivity index (χ2v) is 6.80. The highest BCUT2D eigenvalue weighted by atomic mass is 79.9. The summed E-state index contributed by atoms with van der Waals surface area (Å²) in [5.74, 6) is 1.12. The van der Waals surface area contributed by atoms with Crippen molar-refractivity contribution in [3.05, 3.63) is 57.8 Å². The number of benzene rings is 2. The zero-order valence-corrected chi connectivity index (χ0v) is 17.8. The maximum Gasteiger partial charge on any atom is 0.175 e. The third-order valence-electron chi connectivity index (χ3n) is 3.93. The minimum absolute atomic E-state index is 0. The Kier molecular flexibility index (Phi) is 9.99. The molecule has 0 aliphatic heterocycles. The molecule has 0 radical (unpaired) electrons. The SMILES string of the molecule is CCOc1cc(CNC(C)CC)cc(Br)c1OCc1ccc(F)cc1.Cl. The van der Waals surface area contributed by atoms with Gasteiger partial charge >= 0.3 is 0 Å². The zero-order chi connectivity index (χ0) is 18.2. The second kappa shape index (κ2) is 11.4. The van der Waals surface area contributed by atoms with Crippen molar-refractivity contribution in [1.29, 1.82) is 0 Å². The van der Waals surface area contributed by atoms with Crippen molar-refractivity contribution in [3.8, 4) is 11.5 Å². The maximum atomic E-state index is 13.0. The van der Waals surface area contributed by atoms with Gasteiger partial charge in [0, 0.05) is 12.6 Å². The lowest BCUT2D eigenvalue weighted by atomic mass is 10.1. The third kappa shape index (κ3) is 6.78. The van der Waals surface area contributed by atoms with Gasteiger partial charge in [0.15, 0.2) is 11.5 Å². The van der Waals surface area contributed by atoms with Gasteiger partial charge in [-0.15, -0.1) is 12.4 Å². The predicted molar refractivity (Wildman–Crippen MR) is 110 cm³/mol. The van der Waals surface area contributed by atoms with Crippen molar-refractivity contribution < 1.29 is 13.9 Å². The third-order valence-corrected chi connectivity index (χ3v) is 4.52. The molecule has 1 atom stereocenters. The normalized spacial score (nSPS) is 11.6. The van der Waals surface area contributed by atoms with Gasteiger partial charge in [-0.25, -0.2) is 4.39 Å². The number of hydrogen-bond acceptors (Lipinski definition) is 3. The van der Waals surface area contributed by atoms with Gasteiger partial charge in [0.1, 0.15) is 12.4 Å². The maximum absolute atomic E-state index is 13.0. The Labute approximate surface area is 169 Å². The van der Waals surface area contributed by atoms with Gasteiger partial charge in [-0.1, -0.05) is 19.1 Å². The summed E-state index contributed by atoms with van der Waals surface area (Å²) in [4.78, 5) is 0. The molecular weight excluding hydrogens is 421 g/mol. The fraction of sp³-hybridized carbons (Fsp3) is 0.400. The summed E-state index contributed by atoms with van der Waals surface area (Å²) in [6, 6.07) is 10.8. The molecule has 0 aliphatic carbocycles. The van der Waals surface area contributed by atoms with E-state index in [9.17, 15) is 4.39 Å². The van der Waals surface area contributed by atoms with E-state index in [0.717, 1.165) is 28.6 Å². The van der Waals surface area contributed by atoms with E-state index >= 15 is 0 Å². The molecule has 2 aromatic rings. The average molecular weight is 447 g/mol. The Morgan fingerprint density at radius 2 is 1.77 bits per heavy atom. The van der Waals surface area contributed by atoms with Crippen LogP contribution >= 0.6 is 28.3 Å². The molecule has 144 valence electrons. The number of rotatable bonds is 9. The molecule has 3 nitrogen and oxygen atoms in total. The van der Waals surface area contributed by atoms with E-state index in [-0.39, 0.29) is 18.2 Å². The molecule has 26 heavy (non-hydrogen) atoms. The Bertz CT molecular complexity index is 682. The number of halogens is 3. The number of hydrogen-bond donors (Lipinski definition) is 1. The quantitative estimate of drug-likeness (QED) is 0.522. The molecule has 0 spiro atoms. The summed E-state index contributed by atoms with van der Waals surface area (Å²) < 4.78 is 25.5. The topological polar surface area (TPSA) is 30.5 Å². The summed E-state index contributed by atoms with van der Waals surface area (Å²) in [7, 11) is 0. The minimum Gasteiger partial charge on any atom is -0.490 e. The van der Waals surface area contributed by atoms with Crippen LogP contribution in [0.5, 0.6) is 11.5 Å². The molecule has 0 fully saturated rings. The van der Waals surface area contributed by atoms with Crippen LogP contribution in [0.1, 0.15) is 38.3 Å². The summed E-state index contributed by atoms with van der Waals surface area (Å²) in [6.07, 6.45) is 1.08. The van der Waals surface area contributed by atoms with Gasteiger partial charge < -0.3 is 14.8 Å². The molecule has 0 saturated carbocycles. The van der Waals surface area contributed by atoms with E-state index in [2.05, 4.69) is 35.1 Å². The van der Waals surface area contributed by atoms with E-state index in [1.807, 2.05) is 19.1 Å². The number of nitrogens with one attached hydrogen (secondary N) is 1. The van der Waals surface area contributed by atoms with Crippen LogP contribution in [0.2, 0.25) is 0 Å². The van der Waals surface area contributed by atoms with Gasteiger partial charge in [-0.2, -0.15) is 0 Å². The Morgan fingerprint density at radius 1 is 1.08 bits per heavy atom. The fourth-order valence-corrected chi connectivity index (χ4v) is 2.90. The van der Waals surface area contributed by atoms with E-state index in [0.29, 0.717) is 30.8 Å². The average Bonchev–Trinajstić information content (AvgIpc) is 2.60. The van der Waals surface area contributed by atoms with Gasteiger partial charge in [0.2, 0.25) is 0 Å². The zero-order valence-electron chi connectivity index (χ0n) is 15.4. The smallest absolute Gasteiger partial charge is 0.175 e. The molecule has 0 bridgehead atoms. The van der Waals surface area contributed by atoms with Crippen molar-refractivity contribution in [1.82, 2.24) is 5.32 Å². The van der Waals surface area contributed by atoms with Crippen molar-refractivity contribution in [3.63, 3.8) is 0 Å². The summed E-state index contributed by atoms with van der Waals surface area (Å²) >= 11 is 3.58. The lowest BCUT2D eigenvalue weighted by molar-refractivity contribution is 0.267. The van der Waals surface area contributed by atoms with Crippen LogP contribution in [-0.2, 0) is 13.2 Å². The first-order valence-corrected chi connectivity index (χ1v) is 9.38. The lowest BCUT2D eigenvalue weighted by Crippen LogP contribution is -2.24. The van der Waals surface area contributed by atoms with Crippen LogP contribution in [0.15, 0.2) is 40.9 Å². The first kappa shape index (κ1) is 22.7. The number of ether oxygens (including phenoxy) is 2.